The van der Waals surface area contributed by atoms with Crippen molar-refractivity contribution in [3.8, 4) is 0 Å². The first kappa shape index (κ1) is 45.3. The number of hydrogen-bond acceptors (Lipinski definition) is 0. The van der Waals surface area contributed by atoms with Crippen molar-refractivity contribution >= 4 is 0 Å². The van der Waals surface area contributed by atoms with E-state index in [4.69, 9.17) is 0 Å². The van der Waals surface area contributed by atoms with Gasteiger partial charge >= 0.3 is 49.4 Å². The summed E-state index contributed by atoms with van der Waals surface area (Å²) < 4.78 is 269. The van der Waals surface area contributed by atoms with Gasteiger partial charge in [-0.15, -0.1) is 0 Å². The monoisotopic (exact) mass is 664 g/mol. The van der Waals surface area contributed by atoms with Crippen LogP contribution in [0.25, 0.3) is 0 Å². The van der Waals surface area contributed by atoms with E-state index in [0.29, 0.717) is 0 Å². The van der Waals surface area contributed by atoms with Crippen molar-refractivity contribution in [1.29, 1.82) is 0 Å². The zero-order valence-electron chi connectivity index (χ0n) is 19.4. The fraction of sp³-hybridized carbons (Fsp3) is 1.00. The van der Waals surface area contributed by atoms with Crippen LogP contribution in [0, 0.1) is 23.7 Å². The summed E-state index contributed by atoms with van der Waals surface area (Å²) >= 11 is 0. The van der Waals surface area contributed by atoms with Crippen LogP contribution >= 0.6 is 0 Å². The van der Waals surface area contributed by atoms with E-state index in [-0.39, 0.29) is 27.7 Å². The highest BCUT2D eigenvalue weighted by atomic mass is 19.4. The van der Waals surface area contributed by atoms with Gasteiger partial charge in [0.2, 0.25) is 0 Å². The zero-order chi connectivity index (χ0) is 34.3. The molecule has 0 aromatic carbocycles. The third-order valence-electron chi connectivity index (χ3n) is 3.93. The lowest BCUT2D eigenvalue weighted by Gasteiger charge is -2.17. The van der Waals surface area contributed by atoms with Crippen molar-refractivity contribution in [2.24, 2.45) is 23.7 Å². The highest BCUT2D eigenvalue weighted by molar-refractivity contribution is 4.71. The molecule has 0 aliphatic rings. The van der Waals surface area contributed by atoms with E-state index >= 15 is 0 Å². The number of hydrogen-bond donors (Lipinski definition) is 0. The van der Waals surface area contributed by atoms with Crippen molar-refractivity contribution in [2.45, 2.75) is 77.1 Å². The Balaban J connectivity index is -0.000000216. The highest BCUT2D eigenvalue weighted by Gasteiger charge is 2.55. The molecule has 0 rings (SSSR count). The molecule has 0 saturated heterocycles. The van der Waals surface area contributed by atoms with E-state index in [9.17, 15) is 105 Å². The molecule has 24 heteroatoms. The van der Waals surface area contributed by atoms with Crippen LogP contribution in [-0.4, -0.2) is 49.4 Å². The highest BCUT2D eigenvalue weighted by Crippen LogP contribution is 2.40. The Kier molecular flexibility index (Phi) is 16.4. The largest absolute Gasteiger partial charge is 0.400 e. The smallest absolute Gasteiger partial charge is 0.170 e. The molecule has 0 heterocycles. The van der Waals surface area contributed by atoms with Gasteiger partial charge in [-0.25, -0.2) is 0 Å². The van der Waals surface area contributed by atoms with E-state index in [1.54, 1.807) is 0 Å². The van der Waals surface area contributed by atoms with Crippen molar-refractivity contribution in [3.63, 3.8) is 0 Å². The molecule has 0 unspecified atom stereocenters. The molecule has 0 aliphatic heterocycles. The van der Waals surface area contributed by atoms with Crippen LogP contribution in [0.15, 0.2) is 0 Å². The first-order valence-corrected chi connectivity index (χ1v) is 9.15. The molecule has 0 fully saturated rings. The second-order valence-electron chi connectivity index (χ2n) is 7.22. The molecule has 0 atom stereocenters. The Hall–Kier alpha value is -1.68. The summed E-state index contributed by atoms with van der Waals surface area (Å²) in [4.78, 5) is 0. The van der Waals surface area contributed by atoms with Crippen molar-refractivity contribution in [1.82, 2.24) is 0 Å². The maximum atomic E-state index is 11.2. The lowest BCUT2D eigenvalue weighted by atomic mass is 10.2. The average Bonchev–Trinajstić information content (AvgIpc) is 2.61. The number of halogens is 24. The van der Waals surface area contributed by atoms with E-state index in [1.165, 1.54) is 0 Å². The minimum Gasteiger partial charge on any atom is -0.170 e. The molecule has 0 aromatic rings. The summed E-state index contributed by atoms with van der Waals surface area (Å²) in [7, 11) is 0. The molecule has 248 valence electrons. The normalized spacial score (nSPS) is 14.4. The lowest BCUT2D eigenvalue weighted by molar-refractivity contribution is -0.279. The van der Waals surface area contributed by atoms with E-state index in [0.717, 1.165) is 0 Å². The summed E-state index contributed by atoms with van der Waals surface area (Å²) in [6, 6.07) is 0. The molecule has 0 saturated carbocycles. The quantitative estimate of drug-likeness (QED) is 0.226. The number of alkyl halides is 24. The summed E-state index contributed by atoms with van der Waals surface area (Å²) in [5.41, 5.74) is 0. The summed E-state index contributed by atoms with van der Waals surface area (Å²) in [5.74, 6) is -12.9. The maximum absolute atomic E-state index is 11.2. The molecule has 0 nitrogen and oxygen atoms in total. The van der Waals surface area contributed by atoms with E-state index < -0.39 is 73.1 Å². The summed E-state index contributed by atoms with van der Waals surface area (Å²) in [6.45, 7) is 0.333. The summed E-state index contributed by atoms with van der Waals surface area (Å²) in [6.07, 6.45) is -41.5. The van der Waals surface area contributed by atoms with Crippen LogP contribution in [0.2, 0.25) is 0 Å². The fourth-order valence-corrected chi connectivity index (χ4v) is 0.742. The Morgan fingerprint density at radius 3 is 0.250 bits per heavy atom. The van der Waals surface area contributed by atoms with Gasteiger partial charge in [0.15, 0.2) is 0 Å². The van der Waals surface area contributed by atoms with Crippen LogP contribution in [0.3, 0.4) is 0 Å². The molecular formula is C16H16F24. The average molecular weight is 664 g/mol. The minimum atomic E-state index is -5.18. The van der Waals surface area contributed by atoms with Gasteiger partial charge in [-0.05, 0) is 27.7 Å². The summed E-state index contributed by atoms with van der Waals surface area (Å²) in [5, 5.41) is 0. The third-order valence-corrected chi connectivity index (χ3v) is 3.93. The predicted molar refractivity (Wildman–Crippen MR) is 85.1 cm³/mol. The van der Waals surface area contributed by atoms with Crippen LogP contribution in [-0.2, 0) is 0 Å². The van der Waals surface area contributed by atoms with Gasteiger partial charge in [-0.3, -0.25) is 0 Å². The molecule has 0 N–H and O–H groups in total. The van der Waals surface area contributed by atoms with Crippen LogP contribution < -0.4 is 0 Å². The van der Waals surface area contributed by atoms with Gasteiger partial charge < -0.3 is 0 Å². The van der Waals surface area contributed by atoms with Crippen LogP contribution in [0.4, 0.5) is 105 Å². The molecule has 0 amide bonds. The Morgan fingerprint density at radius 1 is 0.200 bits per heavy atom. The lowest BCUT2D eigenvalue weighted by Crippen LogP contribution is -2.33. The second-order valence-corrected chi connectivity index (χ2v) is 7.22. The Morgan fingerprint density at radius 2 is 0.250 bits per heavy atom. The van der Waals surface area contributed by atoms with Gasteiger partial charge in [-0.1, -0.05) is 0 Å². The standard InChI is InChI=1S/4C4H4F6/c4*1-2(3(5,6)7)4(8,9)10/h4*2H,1H3. The fourth-order valence-electron chi connectivity index (χ4n) is 0.742. The first-order chi connectivity index (χ1) is 16.6. The molecule has 0 spiro atoms. The van der Waals surface area contributed by atoms with Gasteiger partial charge in [0, 0.05) is 0 Å². The van der Waals surface area contributed by atoms with Gasteiger partial charge in [-0.2, -0.15) is 105 Å². The molecular weight excluding hydrogens is 648 g/mol. The Labute approximate surface area is 207 Å². The van der Waals surface area contributed by atoms with Crippen molar-refractivity contribution < 1.29 is 105 Å². The van der Waals surface area contributed by atoms with Crippen LogP contribution in [0.5, 0.6) is 0 Å². The van der Waals surface area contributed by atoms with E-state index in [2.05, 4.69) is 0 Å². The van der Waals surface area contributed by atoms with Crippen LogP contribution in [0.1, 0.15) is 27.7 Å². The zero-order valence-corrected chi connectivity index (χ0v) is 19.4. The predicted octanol–water partition coefficient (Wildman–Crippen LogP) is 11.0. The van der Waals surface area contributed by atoms with Crippen molar-refractivity contribution in [2.75, 3.05) is 0 Å². The molecule has 40 heavy (non-hydrogen) atoms. The van der Waals surface area contributed by atoms with Gasteiger partial charge in [0.25, 0.3) is 0 Å². The third kappa shape index (κ3) is 21.1. The number of rotatable bonds is 0. The van der Waals surface area contributed by atoms with Gasteiger partial charge in [0.05, 0.1) is 0 Å². The Bertz CT molecular complexity index is 496. The van der Waals surface area contributed by atoms with Crippen molar-refractivity contribution in [3.05, 3.63) is 0 Å². The molecule has 0 aliphatic carbocycles. The minimum absolute atomic E-state index is 0.0833. The SMILES string of the molecule is CC(C(F)(F)F)C(F)(F)F.CC(C(F)(F)F)C(F)(F)F.CC(C(F)(F)F)C(F)(F)F.CC(C(F)(F)F)C(F)(F)F. The van der Waals surface area contributed by atoms with Gasteiger partial charge in [0.1, 0.15) is 23.7 Å². The topological polar surface area (TPSA) is 0 Å². The molecule has 0 bridgehead atoms. The van der Waals surface area contributed by atoms with E-state index in [1.807, 2.05) is 0 Å². The second kappa shape index (κ2) is 14.5. The first-order valence-electron chi connectivity index (χ1n) is 9.15. The molecule has 0 aromatic heterocycles. The maximum Gasteiger partial charge on any atom is 0.400 e. The molecule has 0 radical (unpaired) electrons.